The molecule has 0 fully saturated rings. The molecule has 4 rings (SSSR count). The third kappa shape index (κ3) is 2.75. The van der Waals surface area contributed by atoms with Gasteiger partial charge < -0.3 is 11.1 Å². The zero-order valence-electron chi connectivity index (χ0n) is 12.7. The molecule has 24 heavy (non-hydrogen) atoms. The van der Waals surface area contributed by atoms with E-state index >= 15 is 0 Å². The van der Waals surface area contributed by atoms with Crippen molar-refractivity contribution in [3.05, 3.63) is 69.9 Å². The molecule has 0 radical (unpaired) electrons. The molecule has 1 aliphatic rings. The first-order valence-corrected chi connectivity index (χ1v) is 8.39. The number of nitrogens with one attached hydrogen (secondary N) is 1. The fourth-order valence-electron chi connectivity index (χ4n) is 3.07. The van der Waals surface area contributed by atoms with Crippen LogP contribution in [0.15, 0.2) is 53.0 Å². The van der Waals surface area contributed by atoms with Crippen molar-refractivity contribution in [2.45, 2.75) is 18.5 Å². The molecule has 2 heterocycles. The van der Waals surface area contributed by atoms with Crippen LogP contribution in [-0.2, 0) is 0 Å². The van der Waals surface area contributed by atoms with Crippen LogP contribution in [0.1, 0.15) is 29.6 Å². The molecule has 2 atom stereocenters. The molecule has 0 aliphatic carbocycles. The number of fused-ring (bicyclic) bond motifs is 1. The van der Waals surface area contributed by atoms with E-state index in [4.69, 9.17) is 5.73 Å². The fourth-order valence-corrected chi connectivity index (χ4v) is 3.33. The van der Waals surface area contributed by atoms with Gasteiger partial charge in [-0.3, -0.25) is 0 Å². The summed E-state index contributed by atoms with van der Waals surface area (Å²) in [4.78, 5) is 4.27. The van der Waals surface area contributed by atoms with E-state index in [0.717, 1.165) is 22.0 Å². The predicted octanol–water partition coefficient (Wildman–Crippen LogP) is 3.91. The fraction of sp³-hybridized carbons (Fsp3) is 0.176. The highest BCUT2D eigenvalue weighted by Crippen LogP contribution is 2.38. The van der Waals surface area contributed by atoms with Gasteiger partial charge in [0.15, 0.2) is 0 Å². The maximum Gasteiger partial charge on any atom is 0.241 e. The molecule has 0 bridgehead atoms. The number of hydrogen-bond donors (Lipinski definition) is 2. The Bertz CT molecular complexity index is 860. The summed E-state index contributed by atoms with van der Waals surface area (Å²) in [5, 5.41) is 7.68. The van der Waals surface area contributed by atoms with E-state index < -0.39 is 0 Å². The zero-order chi connectivity index (χ0) is 16.7. The van der Waals surface area contributed by atoms with E-state index in [2.05, 4.69) is 43.5 Å². The van der Waals surface area contributed by atoms with Crippen LogP contribution in [0.3, 0.4) is 0 Å². The second-order valence-corrected chi connectivity index (χ2v) is 6.71. The van der Waals surface area contributed by atoms with Crippen molar-refractivity contribution < 1.29 is 4.39 Å². The normalized spacial score (nSPS) is 19.6. The molecule has 5 nitrogen and oxygen atoms in total. The zero-order valence-corrected chi connectivity index (χ0v) is 14.2. The highest BCUT2D eigenvalue weighted by molar-refractivity contribution is 9.10. The number of nitrogen functional groups attached to an aromatic ring is 1. The van der Waals surface area contributed by atoms with E-state index in [0.29, 0.717) is 5.95 Å². The Balaban J connectivity index is 1.74. The lowest BCUT2D eigenvalue weighted by Gasteiger charge is -2.31. The quantitative estimate of drug-likeness (QED) is 0.699. The number of anilines is 2. The van der Waals surface area contributed by atoms with Gasteiger partial charge >= 0.3 is 0 Å². The summed E-state index contributed by atoms with van der Waals surface area (Å²) in [6, 6.07) is 14.7. The summed E-state index contributed by atoms with van der Waals surface area (Å²) in [7, 11) is 0. The van der Waals surface area contributed by atoms with Crippen LogP contribution in [0.25, 0.3) is 0 Å². The molecule has 7 heteroatoms. The molecule has 2 aromatic carbocycles. The van der Waals surface area contributed by atoms with Crippen LogP contribution < -0.4 is 11.1 Å². The second-order valence-electron chi connectivity index (χ2n) is 5.79. The van der Waals surface area contributed by atoms with Crippen molar-refractivity contribution in [3.8, 4) is 0 Å². The molecule has 1 aliphatic heterocycles. The third-order valence-electron chi connectivity index (χ3n) is 4.23. The van der Waals surface area contributed by atoms with E-state index in [-0.39, 0.29) is 23.8 Å². The molecule has 122 valence electrons. The van der Waals surface area contributed by atoms with Gasteiger partial charge in [0.25, 0.3) is 0 Å². The van der Waals surface area contributed by atoms with Gasteiger partial charge in [0, 0.05) is 4.47 Å². The van der Waals surface area contributed by atoms with E-state index in [1.807, 2.05) is 12.1 Å². The van der Waals surface area contributed by atoms with Gasteiger partial charge in [-0.25, -0.2) is 9.07 Å². The summed E-state index contributed by atoms with van der Waals surface area (Å²) in [6.45, 7) is 0. The van der Waals surface area contributed by atoms with Crippen molar-refractivity contribution >= 4 is 27.8 Å². The van der Waals surface area contributed by atoms with E-state index in [1.165, 1.54) is 12.1 Å². The standard InChI is InChI=1S/C17H15BrFN5/c18-12-5-1-10(2-6-12)14-9-15(11-3-7-13(19)8-4-11)24-17(21-14)22-16(20)23-24/h1-8,14-15H,9H2,(H3,20,21,22,23)/t14-,15+/m1/s1. The molecule has 0 saturated carbocycles. The SMILES string of the molecule is Nc1nc2n(n1)[C@H](c1ccc(F)cc1)C[C@H](c1ccc(Br)cc1)N2. The summed E-state index contributed by atoms with van der Waals surface area (Å²) in [6.07, 6.45) is 0.767. The number of rotatable bonds is 2. The number of nitrogens with zero attached hydrogens (tertiary/aromatic N) is 3. The first-order chi connectivity index (χ1) is 11.6. The second kappa shape index (κ2) is 5.90. The molecular weight excluding hydrogens is 373 g/mol. The number of nitrogens with two attached hydrogens (primary N) is 1. The van der Waals surface area contributed by atoms with Crippen LogP contribution in [-0.4, -0.2) is 14.8 Å². The van der Waals surface area contributed by atoms with Crippen molar-refractivity contribution in [1.82, 2.24) is 14.8 Å². The summed E-state index contributed by atoms with van der Waals surface area (Å²) < 4.78 is 16.1. The van der Waals surface area contributed by atoms with Crippen LogP contribution in [0, 0.1) is 5.82 Å². The Morgan fingerprint density at radius 2 is 1.75 bits per heavy atom. The van der Waals surface area contributed by atoms with Crippen molar-refractivity contribution in [2.24, 2.45) is 0 Å². The monoisotopic (exact) mass is 387 g/mol. The Morgan fingerprint density at radius 3 is 2.46 bits per heavy atom. The lowest BCUT2D eigenvalue weighted by atomic mass is 9.93. The predicted molar refractivity (Wildman–Crippen MR) is 94.1 cm³/mol. The van der Waals surface area contributed by atoms with E-state index in [9.17, 15) is 4.39 Å². The lowest BCUT2D eigenvalue weighted by Crippen LogP contribution is -2.28. The Morgan fingerprint density at radius 1 is 1.08 bits per heavy atom. The Labute approximate surface area is 146 Å². The highest BCUT2D eigenvalue weighted by Gasteiger charge is 2.30. The minimum Gasteiger partial charge on any atom is -0.366 e. The third-order valence-corrected chi connectivity index (χ3v) is 4.76. The van der Waals surface area contributed by atoms with Crippen molar-refractivity contribution in [3.63, 3.8) is 0 Å². The molecular formula is C17H15BrFN5. The molecule has 0 unspecified atom stereocenters. The molecule has 1 aromatic heterocycles. The summed E-state index contributed by atoms with van der Waals surface area (Å²) >= 11 is 3.46. The number of hydrogen-bond acceptors (Lipinski definition) is 4. The Hall–Kier alpha value is -2.41. The highest BCUT2D eigenvalue weighted by atomic mass is 79.9. The minimum atomic E-state index is -0.254. The van der Waals surface area contributed by atoms with Gasteiger partial charge in [-0.05, 0) is 41.8 Å². The molecule has 0 saturated heterocycles. The molecule has 3 N–H and O–H groups in total. The number of halogens is 2. The average Bonchev–Trinajstić information content (AvgIpc) is 2.95. The van der Waals surface area contributed by atoms with E-state index in [1.54, 1.807) is 16.8 Å². The van der Waals surface area contributed by atoms with Crippen LogP contribution >= 0.6 is 15.9 Å². The average molecular weight is 388 g/mol. The maximum atomic E-state index is 13.3. The first kappa shape index (κ1) is 15.1. The summed E-state index contributed by atoms with van der Waals surface area (Å²) in [5.74, 6) is 0.595. The van der Waals surface area contributed by atoms with Crippen LogP contribution in [0.2, 0.25) is 0 Å². The smallest absolute Gasteiger partial charge is 0.241 e. The van der Waals surface area contributed by atoms with Gasteiger partial charge in [-0.15, -0.1) is 5.10 Å². The lowest BCUT2D eigenvalue weighted by molar-refractivity contribution is 0.431. The van der Waals surface area contributed by atoms with Gasteiger partial charge in [0.1, 0.15) is 5.82 Å². The number of aromatic nitrogens is 3. The largest absolute Gasteiger partial charge is 0.366 e. The summed E-state index contributed by atoms with van der Waals surface area (Å²) in [5.41, 5.74) is 7.91. The molecule has 3 aromatic rings. The van der Waals surface area contributed by atoms with Gasteiger partial charge in [-0.2, -0.15) is 4.98 Å². The minimum absolute atomic E-state index is 0.0553. The topological polar surface area (TPSA) is 68.8 Å². The van der Waals surface area contributed by atoms with Gasteiger partial charge in [-0.1, -0.05) is 40.2 Å². The molecule has 0 amide bonds. The van der Waals surface area contributed by atoms with Crippen LogP contribution in [0.5, 0.6) is 0 Å². The van der Waals surface area contributed by atoms with Crippen LogP contribution in [0.4, 0.5) is 16.3 Å². The first-order valence-electron chi connectivity index (χ1n) is 7.59. The Kier molecular flexibility index (Phi) is 3.72. The van der Waals surface area contributed by atoms with Gasteiger partial charge in [0.05, 0.1) is 12.1 Å². The molecule has 0 spiro atoms. The van der Waals surface area contributed by atoms with Crippen molar-refractivity contribution in [2.75, 3.05) is 11.1 Å². The number of benzene rings is 2. The van der Waals surface area contributed by atoms with Gasteiger partial charge in [0.2, 0.25) is 11.9 Å². The van der Waals surface area contributed by atoms with Crippen molar-refractivity contribution in [1.29, 1.82) is 0 Å². The maximum absolute atomic E-state index is 13.3.